The van der Waals surface area contributed by atoms with Crippen LogP contribution in [-0.4, -0.2) is 71.1 Å². The number of hydrogen-bond donors (Lipinski definition) is 5. The van der Waals surface area contributed by atoms with Crippen molar-refractivity contribution in [3.8, 4) is 5.75 Å². The van der Waals surface area contributed by atoms with Gasteiger partial charge in [-0.25, -0.2) is 0 Å². The van der Waals surface area contributed by atoms with Crippen molar-refractivity contribution < 1.29 is 29.0 Å². The summed E-state index contributed by atoms with van der Waals surface area (Å²) in [6.45, 7) is 5.58. The summed E-state index contributed by atoms with van der Waals surface area (Å²) in [6.07, 6.45) is 4.16. The Labute approximate surface area is 269 Å². The predicted octanol–water partition coefficient (Wildman–Crippen LogP) is 3.85. The number of fused-ring (bicyclic) bond motifs is 1. The highest BCUT2D eigenvalue weighted by atomic mass is 16.5. The second-order valence-corrected chi connectivity index (χ2v) is 12.1. The molecule has 0 radical (unpaired) electrons. The summed E-state index contributed by atoms with van der Waals surface area (Å²) < 4.78 is 5.72. The molecule has 2 heterocycles. The fraction of sp³-hybridized carbons (Fsp3) is 0.429. The molecule has 4 rings (SSSR count). The average Bonchev–Trinajstić information content (AvgIpc) is 3.43. The number of esters is 1. The van der Waals surface area contributed by atoms with E-state index >= 15 is 0 Å². The molecule has 1 aliphatic rings. The summed E-state index contributed by atoms with van der Waals surface area (Å²) >= 11 is 0. The van der Waals surface area contributed by atoms with Gasteiger partial charge in [-0.05, 0) is 69.5 Å². The van der Waals surface area contributed by atoms with Crippen LogP contribution in [-0.2, 0) is 30.3 Å². The molecule has 3 aromatic rings. The van der Waals surface area contributed by atoms with Gasteiger partial charge in [-0.2, -0.15) is 0 Å². The van der Waals surface area contributed by atoms with E-state index in [-0.39, 0.29) is 30.6 Å². The van der Waals surface area contributed by atoms with Crippen LogP contribution in [0.4, 0.5) is 0 Å². The van der Waals surface area contributed by atoms with E-state index in [4.69, 9.17) is 4.74 Å². The molecule has 11 heteroatoms. The number of amides is 3. The highest BCUT2D eigenvalue weighted by Gasteiger charge is 2.34. The molecule has 0 fully saturated rings. The minimum absolute atomic E-state index is 0.0442. The first-order valence-electron chi connectivity index (χ1n) is 15.7. The minimum Gasteiger partial charge on any atom is -0.508 e. The van der Waals surface area contributed by atoms with Gasteiger partial charge in [-0.1, -0.05) is 48.9 Å². The zero-order valence-electron chi connectivity index (χ0n) is 27.1. The van der Waals surface area contributed by atoms with Crippen LogP contribution in [0.5, 0.6) is 5.75 Å². The molecule has 5 N–H and O–H groups in total. The Morgan fingerprint density at radius 1 is 0.978 bits per heavy atom. The molecule has 0 spiro atoms. The number of aromatic amines is 1. The molecule has 0 saturated heterocycles. The average molecular weight is 632 g/mol. The number of nitrogens with zero attached hydrogens (tertiary/aromatic N) is 1. The lowest BCUT2D eigenvalue weighted by atomic mass is 9.99. The van der Waals surface area contributed by atoms with Crippen molar-refractivity contribution >= 4 is 34.6 Å². The Bertz CT molecular complexity index is 1560. The number of aromatic nitrogens is 1. The second kappa shape index (κ2) is 15.6. The van der Waals surface area contributed by atoms with Gasteiger partial charge in [0, 0.05) is 36.5 Å². The number of carbonyl (C=O) groups is 4. The number of para-hydroxylation sites is 1. The molecule has 11 nitrogen and oxygen atoms in total. The SMILES string of the molecule is CN[C@@H]1NC(=O)[C@@H](C)C/C(C)=C/CC[C@H](C)OC(=O)C[C@H](c2ccc(O)cc2)NC(=O)[C@@H](Cc2c[nH]c3ccccc23)N(C)C1=O. The number of nitrogens with one attached hydrogen (secondary N) is 4. The Morgan fingerprint density at radius 2 is 1.70 bits per heavy atom. The summed E-state index contributed by atoms with van der Waals surface area (Å²) in [7, 11) is 3.10. The van der Waals surface area contributed by atoms with E-state index in [1.807, 2.05) is 50.4 Å². The first kappa shape index (κ1) is 34.2. The number of cyclic esters (lactones) is 1. The third-order valence-electron chi connectivity index (χ3n) is 8.49. The molecule has 0 bridgehead atoms. The van der Waals surface area contributed by atoms with Crippen molar-refractivity contribution in [2.75, 3.05) is 14.1 Å². The largest absolute Gasteiger partial charge is 0.508 e. The fourth-order valence-corrected chi connectivity index (χ4v) is 5.76. The number of likely N-dealkylation sites (N-methyl/N-ethyl adjacent to an activating group) is 2. The minimum atomic E-state index is -1.08. The first-order chi connectivity index (χ1) is 22.0. The van der Waals surface area contributed by atoms with Crippen LogP contribution < -0.4 is 16.0 Å². The smallest absolute Gasteiger partial charge is 0.308 e. The van der Waals surface area contributed by atoms with Crippen LogP contribution in [0.3, 0.4) is 0 Å². The number of ether oxygens (including phenoxy) is 1. The lowest BCUT2D eigenvalue weighted by molar-refractivity contribution is -0.149. The summed E-state index contributed by atoms with van der Waals surface area (Å²) in [6, 6.07) is 12.1. The fourth-order valence-electron chi connectivity index (χ4n) is 5.76. The maximum Gasteiger partial charge on any atom is 0.308 e. The van der Waals surface area contributed by atoms with Gasteiger partial charge in [-0.3, -0.25) is 24.5 Å². The summed E-state index contributed by atoms with van der Waals surface area (Å²) in [5, 5.41) is 19.5. The number of aromatic hydroxyl groups is 1. The van der Waals surface area contributed by atoms with E-state index in [1.165, 1.54) is 24.1 Å². The maximum absolute atomic E-state index is 14.2. The Morgan fingerprint density at radius 3 is 2.41 bits per heavy atom. The topological polar surface area (TPSA) is 153 Å². The van der Waals surface area contributed by atoms with E-state index in [0.717, 1.165) is 22.0 Å². The highest BCUT2D eigenvalue weighted by molar-refractivity contribution is 5.93. The van der Waals surface area contributed by atoms with Gasteiger partial charge in [0.05, 0.1) is 18.6 Å². The molecular weight excluding hydrogens is 586 g/mol. The Hall–Kier alpha value is -4.64. The molecule has 5 atom stereocenters. The number of carbonyl (C=O) groups excluding carboxylic acids is 4. The van der Waals surface area contributed by atoms with Crippen LogP contribution in [0.15, 0.2) is 66.4 Å². The summed E-state index contributed by atoms with van der Waals surface area (Å²) in [4.78, 5) is 59.0. The molecule has 3 amide bonds. The molecule has 0 unspecified atom stereocenters. The Balaban J connectivity index is 1.73. The number of phenols is 1. The van der Waals surface area contributed by atoms with Crippen molar-refractivity contribution in [1.29, 1.82) is 0 Å². The molecule has 0 aliphatic carbocycles. The van der Waals surface area contributed by atoms with Gasteiger partial charge in [0.1, 0.15) is 11.8 Å². The lowest BCUT2D eigenvalue weighted by Gasteiger charge is -2.32. The molecule has 246 valence electrons. The third-order valence-corrected chi connectivity index (χ3v) is 8.49. The van der Waals surface area contributed by atoms with Gasteiger partial charge >= 0.3 is 5.97 Å². The lowest BCUT2D eigenvalue weighted by Crippen LogP contribution is -2.59. The zero-order chi connectivity index (χ0) is 33.4. The van der Waals surface area contributed by atoms with E-state index in [0.29, 0.717) is 24.8 Å². The van der Waals surface area contributed by atoms with Crippen LogP contribution in [0.25, 0.3) is 10.9 Å². The van der Waals surface area contributed by atoms with Gasteiger partial charge in [0.2, 0.25) is 11.8 Å². The van der Waals surface area contributed by atoms with Gasteiger partial charge < -0.3 is 30.4 Å². The van der Waals surface area contributed by atoms with Crippen molar-refractivity contribution in [3.05, 3.63) is 77.5 Å². The van der Waals surface area contributed by atoms with Crippen LogP contribution in [0.1, 0.15) is 63.6 Å². The van der Waals surface area contributed by atoms with Crippen molar-refractivity contribution in [2.45, 2.75) is 77.2 Å². The van der Waals surface area contributed by atoms with Crippen LogP contribution in [0.2, 0.25) is 0 Å². The number of allylic oxidation sites excluding steroid dienone is 2. The van der Waals surface area contributed by atoms with Crippen molar-refractivity contribution in [2.24, 2.45) is 5.92 Å². The van der Waals surface area contributed by atoms with E-state index in [9.17, 15) is 24.3 Å². The molecule has 0 saturated carbocycles. The van der Waals surface area contributed by atoms with E-state index in [1.54, 1.807) is 26.1 Å². The predicted molar refractivity (Wildman–Crippen MR) is 175 cm³/mol. The summed E-state index contributed by atoms with van der Waals surface area (Å²) in [5.74, 6) is -2.13. The molecule has 46 heavy (non-hydrogen) atoms. The standard InChI is InChI=1S/C35H45N5O6/c1-21-9-8-10-23(3)46-31(42)19-29(24-13-15-26(41)16-14-24)38-34(44)30(18-25-20-37-28-12-7-6-11-27(25)28)40(5)35(45)32(36-4)39-33(43)22(2)17-21/h6-7,9,11-16,20,22-23,29-30,32,36-37,41H,8,10,17-19H2,1-5H3,(H,38,44)(H,39,43)/b21-9+/t22-,23-,29+,30+,32+/m0/s1. The third kappa shape index (κ3) is 8.75. The molecule has 1 aromatic heterocycles. The number of rotatable bonds is 4. The highest BCUT2D eigenvalue weighted by Crippen LogP contribution is 2.24. The zero-order valence-corrected chi connectivity index (χ0v) is 27.1. The normalized spacial score (nSPS) is 25.8. The van der Waals surface area contributed by atoms with Crippen LogP contribution in [0, 0.1) is 5.92 Å². The number of H-pyrrole nitrogens is 1. The molecular formula is C35H45N5O6. The molecule has 2 aromatic carbocycles. The first-order valence-corrected chi connectivity index (χ1v) is 15.7. The quantitative estimate of drug-likeness (QED) is 0.217. The van der Waals surface area contributed by atoms with Crippen molar-refractivity contribution in [3.63, 3.8) is 0 Å². The monoisotopic (exact) mass is 631 g/mol. The summed E-state index contributed by atoms with van der Waals surface area (Å²) in [5.41, 5.74) is 3.32. The van der Waals surface area contributed by atoms with Crippen LogP contribution >= 0.6 is 0 Å². The number of phenolic OH excluding ortho intramolecular Hbond substituents is 1. The maximum atomic E-state index is 14.2. The van der Waals surface area contributed by atoms with Gasteiger partial charge in [-0.15, -0.1) is 0 Å². The van der Waals surface area contributed by atoms with Crippen molar-refractivity contribution in [1.82, 2.24) is 25.8 Å². The number of hydrogen-bond acceptors (Lipinski definition) is 7. The molecule has 1 aliphatic heterocycles. The number of benzene rings is 2. The Kier molecular flexibility index (Phi) is 11.6. The second-order valence-electron chi connectivity index (χ2n) is 12.1. The van der Waals surface area contributed by atoms with Gasteiger partial charge in [0.25, 0.3) is 5.91 Å². The van der Waals surface area contributed by atoms with Gasteiger partial charge in [0.15, 0.2) is 6.17 Å². The van der Waals surface area contributed by atoms with E-state index < -0.39 is 42.0 Å². The van der Waals surface area contributed by atoms with E-state index in [2.05, 4.69) is 20.9 Å².